The van der Waals surface area contributed by atoms with Crippen LogP contribution in [0, 0.1) is 0 Å². The number of halogens is 1. The van der Waals surface area contributed by atoms with Gasteiger partial charge in [0.2, 0.25) is 5.91 Å². The van der Waals surface area contributed by atoms with Crippen LogP contribution in [0.1, 0.15) is 35.8 Å². The predicted molar refractivity (Wildman–Crippen MR) is 111 cm³/mol. The summed E-state index contributed by atoms with van der Waals surface area (Å²) < 4.78 is 7.40. The van der Waals surface area contributed by atoms with Crippen molar-refractivity contribution in [2.75, 3.05) is 7.11 Å². The minimum absolute atomic E-state index is 0.0205. The molecule has 0 aliphatic rings. The second-order valence-corrected chi connectivity index (χ2v) is 7.06. The van der Waals surface area contributed by atoms with Crippen LogP contribution >= 0.6 is 11.6 Å². The van der Waals surface area contributed by atoms with Crippen LogP contribution in [0.2, 0.25) is 5.02 Å². The Bertz CT molecular complexity index is 922. The molecule has 1 amide bonds. The van der Waals surface area contributed by atoms with Gasteiger partial charge in [0.1, 0.15) is 17.6 Å². The number of methoxy groups -OCH3 is 1. The fraction of sp³-hybridized carbons (Fsp3) is 0.273. The van der Waals surface area contributed by atoms with Crippen LogP contribution < -0.4 is 10.1 Å². The molecule has 1 atom stereocenters. The van der Waals surface area contributed by atoms with Gasteiger partial charge < -0.3 is 14.6 Å². The van der Waals surface area contributed by atoms with E-state index in [1.165, 1.54) is 5.56 Å². The molecule has 1 heterocycles. The van der Waals surface area contributed by atoms with Gasteiger partial charge in [-0.25, -0.2) is 4.98 Å². The second kappa shape index (κ2) is 9.42. The Kier molecular flexibility index (Phi) is 6.71. The van der Waals surface area contributed by atoms with E-state index in [1.54, 1.807) is 13.3 Å². The van der Waals surface area contributed by atoms with Gasteiger partial charge in [-0.05, 0) is 36.6 Å². The summed E-state index contributed by atoms with van der Waals surface area (Å²) in [5.74, 6) is 1.46. The highest BCUT2D eigenvalue weighted by atomic mass is 35.5. The Labute approximate surface area is 170 Å². The summed E-state index contributed by atoms with van der Waals surface area (Å²) in [6, 6.07) is 15.0. The van der Waals surface area contributed by atoms with Gasteiger partial charge in [-0.1, -0.05) is 41.9 Å². The zero-order chi connectivity index (χ0) is 19.9. The van der Waals surface area contributed by atoms with Crippen LogP contribution in [-0.4, -0.2) is 22.6 Å². The van der Waals surface area contributed by atoms with Crippen molar-refractivity contribution in [3.63, 3.8) is 0 Å². The van der Waals surface area contributed by atoms with Crippen molar-refractivity contribution < 1.29 is 9.53 Å². The lowest BCUT2D eigenvalue weighted by atomic mass is 10.0. The fourth-order valence-electron chi connectivity index (χ4n) is 3.18. The molecule has 0 aliphatic carbocycles. The maximum Gasteiger partial charge on any atom is 0.220 e. The molecule has 0 saturated carbocycles. The molecule has 1 aromatic heterocycles. The molecule has 3 rings (SSSR count). The van der Waals surface area contributed by atoms with Gasteiger partial charge in [0.25, 0.3) is 0 Å². The number of ether oxygens (including phenoxy) is 1. The number of nitrogens with zero attached hydrogens (tertiary/aromatic N) is 2. The molecule has 146 valence electrons. The number of hydrogen-bond donors (Lipinski definition) is 1. The van der Waals surface area contributed by atoms with Crippen LogP contribution in [0.4, 0.5) is 0 Å². The fourth-order valence-corrected chi connectivity index (χ4v) is 3.30. The van der Waals surface area contributed by atoms with E-state index < -0.39 is 0 Å². The average Bonchev–Trinajstić information content (AvgIpc) is 3.13. The SMILES string of the molecule is COc1ccccc1C(NC(=O)CCCc1ccc(Cl)cc1)c1nccn1C. The molecule has 6 heteroatoms. The lowest BCUT2D eigenvalue weighted by molar-refractivity contribution is -0.121. The summed E-state index contributed by atoms with van der Waals surface area (Å²) in [6.45, 7) is 0. The van der Waals surface area contributed by atoms with Gasteiger partial charge in [-0.15, -0.1) is 0 Å². The number of nitrogens with one attached hydrogen (secondary N) is 1. The molecule has 0 radical (unpaired) electrons. The van der Waals surface area contributed by atoms with Crippen molar-refractivity contribution in [1.82, 2.24) is 14.9 Å². The number of aromatic nitrogens is 2. The quantitative estimate of drug-likeness (QED) is 0.616. The third-order valence-corrected chi connectivity index (χ3v) is 4.91. The molecule has 0 bridgehead atoms. The van der Waals surface area contributed by atoms with E-state index in [2.05, 4.69) is 10.3 Å². The van der Waals surface area contributed by atoms with Gasteiger partial charge in [0.15, 0.2) is 0 Å². The molecule has 28 heavy (non-hydrogen) atoms. The third-order valence-electron chi connectivity index (χ3n) is 4.65. The molecule has 0 aliphatic heterocycles. The monoisotopic (exact) mass is 397 g/mol. The van der Waals surface area contributed by atoms with E-state index in [4.69, 9.17) is 16.3 Å². The van der Waals surface area contributed by atoms with Crippen LogP contribution in [0.5, 0.6) is 5.75 Å². The van der Waals surface area contributed by atoms with E-state index in [1.807, 2.05) is 66.3 Å². The lowest BCUT2D eigenvalue weighted by Crippen LogP contribution is -2.31. The largest absolute Gasteiger partial charge is 0.496 e. The lowest BCUT2D eigenvalue weighted by Gasteiger charge is -2.21. The van der Waals surface area contributed by atoms with Crippen LogP contribution in [0.15, 0.2) is 60.9 Å². The topological polar surface area (TPSA) is 56.1 Å². The molecule has 1 N–H and O–H groups in total. The summed E-state index contributed by atoms with van der Waals surface area (Å²) in [7, 11) is 3.54. The minimum atomic E-state index is -0.376. The Hall–Kier alpha value is -2.79. The third kappa shape index (κ3) is 4.93. The van der Waals surface area contributed by atoms with E-state index in [0.29, 0.717) is 6.42 Å². The summed E-state index contributed by atoms with van der Waals surface area (Å²) in [5.41, 5.74) is 2.05. The molecule has 0 spiro atoms. The zero-order valence-corrected chi connectivity index (χ0v) is 16.8. The van der Waals surface area contributed by atoms with E-state index >= 15 is 0 Å². The smallest absolute Gasteiger partial charge is 0.220 e. The standard InChI is InChI=1S/C22H24ClN3O2/c1-26-15-14-24-22(26)21(18-7-3-4-8-19(18)28-2)25-20(27)9-5-6-16-10-12-17(23)13-11-16/h3-4,7-8,10-15,21H,5-6,9H2,1-2H3,(H,25,27). The molecule has 3 aromatic rings. The van der Waals surface area contributed by atoms with Crippen molar-refractivity contribution >= 4 is 17.5 Å². The number of carbonyl (C=O) groups excluding carboxylic acids is 1. The number of amides is 1. The molecular formula is C22H24ClN3O2. The number of para-hydroxylation sites is 1. The highest BCUT2D eigenvalue weighted by molar-refractivity contribution is 6.30. The molecule has 0 fully saturated rings. The molecule has 5 nitrogen and oxygen atoms in total. The first-order valence-electron chi connectivity index (χ1n) is 9.22. The van der Waals surface area contributed by atoms with Gasteiger partial charge in [-0.3, -0.25) is 4.79 Å². The number of aryl methyl sites for hydroxylation is 2. The maximum atomic E-state index is 12.7. The van der Waals surface area contributed by atoms with Crippen molar-refractivity contribution in [2.24, 2.45) is 7.05 Å². The normalized spacial score (nSPS) is 11.8. The van der Waals surface area contributed by atoms with E-state index in [-0.39, 0.29) is 11.9 Å². The Morgan fingerprint density at radius 2 is 1.96 bits per heavy atom. The van der Waals surface area contributed by atoms with Crippen molar-refractivity contribution in [3.8, 4) is 5.75 Å². The first-order chi connectivity index (χ1) is 13.6. The number of carbonyl (C=O) groups is 1. The van der Waals surface area contributed by atoms with Crippen molar-refractivity contribution in [2.45, 2.75) is 25.3 Å². The van der Waals surface area contributed by atoms with Crippen molar-refractivity contribution in [1.29, 1.82) is 0 Å². The Morgan fingerprint density at radius 1 is 1.21 bits per heavy atom. The van der Waals surface area contributed by atoms with E-state index in [9.17, 15) is 4.79 Å². The maximum absolute atomic E-state index is 12.7. The molecule has 2 aromatic carbocycles. The van der Waals surface area contributed by atoms with Crippen LogP contribution in [0.25, 0.3) is 0 Å². The average molecular weight is 398 g/mol. The Balaban J connectivity index is 1.70. The second-order valence-electron chi connectivity index (χ2n) is 6.62. The molecule has 1 unspecified atom stereocenters. The van der Waals surface area contributed by atoms with Crippen LogP contribution in [0.3, 0.4) is 0 Å². The van der Waals surface area contributed by atoms with Gasteiger partial charge in [-0.2, -0.15) is 0 Å². The molecular weight excluding hydrogens is 374 g/mol. The van der Waals surface area contributed by atoms with Crippen LogP contribution in [-0.2, 0) is 18.3 Å². The number of rotatable bonds is 8. The summed E-state index contributed by atoms with van der Waals surface area (Å²) in [4.78, 5) is 17.1. The van der Waals surface area contributed by atoms with Crippen molar-refractivity contribution in [3.05, 3.63) is 82.9 Å². The number of imidazole rings is 1. The zero-order valence-electron chi connectivity index (χ0n) is 16.1. The summed E-state index contributed by atoms with van der Waals surface area (Å²) in [6.07, 6.45) is 5.60. The summed E-state index contributed by atoms with van der Waals surface area (Å²) in [5, 5.41) is 3.84. The van der Waals surface area contributed by atoms with E-state index in [0.717, 1.165) is 35.0 Å². The predicted octanol–water partition coefficient (Wildman–Crippen LogP) is 4.31. The molecule has 0 saturated heterocycles. The van der Waals surface area contributed by atoms with Gasteiger partial charge in [0, 0.05) is 36.4 Å². The first-order valence-corrected chi connectivity index (χ1v) is 9.60. The summed E-state index contributed by atoms with van der Waals surface area (Å²) >= 11 is 5.92. The number of hydrogen-bond acceptors (Lipinski definition) is 3. The number of benzene rings is 2. The van der Waals surface area contributed by atoms with Gasteiger partial charge in [0.05, 0.1) is 7.11 Å². The van der Waals surface area contributed by atoms with Gasteiger partial charge >= 0.3 is 0 Å². The highest BCUT2D eigenvalue weighted by Crippen LogP contribution is 2.29. The minimum Gasteiger partial charge on any atom is -0.496 e. The highest BCUT2D eigenvalue weighted by Gasteiger charge is 2.23. The Morgan fingerprint density at radius 3 is 2.64 bits per heavy atom. The first kappa shape index (κ1) is 20.0.